The van der Waals surface area contributed by atoms with Crippen LogP contribution in [-0.4, -0.2) is 30.6 Å². The van der Waals surface area contributed by atoms with Gasteiger partial charge >= 0.3 is 5.97 Å². The van der Waals surface area contributed by atoms with Gasteiger partial charge in [0.2, 0.25) is 0 Å². The lowest BCUT2D eigenvalue weighted by atomic mass is 10.0. The summed E-state index contributed by atoms with van der Waals surface area (Å²) in [6.45, 7) is 2.03. The van der Waals surface area contributed by atoms with Gasteiger partial charge in [-0.2, -0.15) is 5.26 Å². The Morgan fingerprint density at radius 1 is 1.11 bits per heavy atom. The van der Waals surface area contributed by atoms with Gasteiger partial charge < -0.3 is 18.9 Å². The van der Waals surface area contributed by atoms with Crippen molar-refractivity contribution in [2.24, 2.45) is 0 Å². The van der Waals surface area contributed by atoms with E-state index in [-0.39, 0.29) is 19.6 Å². The van der Waals surface area contributed by atoms with E-state index in [1.54, 1.807) is 0 Å². The number of nitriles is 1. The number of hydrogen-bond donors (Lipinski definition) is 0. The standard InChI is InChI=1S/C22H23NO5/c1-17(24)27-20-12-22(15-23,16-25-13-18-8-4-2-5-9-18)28-21(20)26-14-19-10-6-3-7-11-19/h2-11,20-21H,12-14,16H2,1H3. The quantitative estimate of drug-likeness (QED) is 0.653. The van der Waals surface area contributed by atoms with E-state index in [9.17, 15) is 10.1 Å². The fourth-order valence-corrected chi connectivity index (χ4v) is 3.08. The molecule has 0 amide bonds. The summed E-state index contributed by atoms with van der Waals surface area (Å²) in [6.07, 6.45) is -1.30. The van der Waals surface area contributed by atoms with Gasteiger partial charge in [0.15, 0.2) is 18.0 Å². The van der Waals surface area contributed by atoms with Gasteiger partial charge in [-0.05, 0) is 11.1 Å². The van der Waals surface area contributed by atoms with Gasteiger partial charge in [-0.3, -0.25) is 4.79 Å². The summed E-state index contributed by atoms with van der Waals surface area (Å²) in [5.74, 6) is -0.444. The third-order valence-electron chi connectivity index (χ3n) is 4.40. The fraction of sp³-hybridized carbons (Fsp3) is 0.364. The molecule has 1 saturated heterocycles. The summed E-state index contributed by atoms with van der Waals surface area (Å²) in [4.78, 5) is 11.5. The zero-order chi connectivity index (χ0) is 19.8. The highest BCUT2D eigenvalue weighted by molar-refractivity contribution is 5.66. The summed E-state index contributed by atoms with van der Waals surface area (Å²) in [6, 6.07) is 21.4. The number of carbonyl (C=O) groups excluding carboxylic acids is 1. The molecular formula is C22H23NO5. The molecule has 0 saturated carbocycles. The van der Waals surface area contributed by atoms with Gasteiger partial charge in [0, 0.05) is 13.3 Å². The average molecular weight is 381 g/mol. The number of rotatable bonds is 8. The molecule has 0 N–H and O–H groups in total. The highest BCUT2D eigenvalue weighted by Gasteiger charge is 2.50. The van der Waals surface area contributed by atoms with Crippen molar-refractivity contribution in [1.29, 1.82) is 5.26 Å². The lowest BCUT2D eigenvalue weighted by molar-refractivity contribution is -0.202. The Morgan fingerprint density at radius 2 is 1.71 bits per heavy atom. The van der Waals surface area contributed by atoms with Crippen LogP contribution in [0.1, 0.15) is 24.5 Å². The Hall–Kier alpha value is -2.72. The lowest BCUT2D eigenvalue weighted by Gasteiger charge is -2.21. The first-order chi connectivity index (χ1) is 13.6. The summed E-state index contributed by atoms with van der Waals surface area (Å²) in [5.41, 5.74) is 0.737. The van der Waals surface area contributed by atoms with Crippen molar-refractivity contribution in [2.75, 3.05) is 6.61 Å². The molecule has 3 unspecified atom stereocenters. The molecule has 1 aliphatic rings. The van der Waals surface area contributed by atoms with Crippen LogP contribution in [0.25, 0.3) is 0 Å². The molecule has 0 aliphatic carbocycles. The van der Waals surface area contributed by atoms with Gasteiger partial charge in [-0.25, -0.2) is 0 Å². The Morgan fingerprint density at radius 3 is 2.29 bits per heavy atom. The molecule has 0 aromatic heterocycles. The molecule has 28 heavy (non-hydrogen) atoms. The van der Waals surface area contributed by atoms with Crippen LogP contribution in [0.5, 0.6) is 0 Å². The molecular weight excluding hydrogens is 358 g/mol. The van der Waals surface area contributed by atoms with E-state index in [1.165, 1.54) is 6.92 Å². The predicted octanol–water partition coefficient (Wildman–Crippen LogP) is 3.36. The highest BCUT2D eigenvalue weighted by atomic mass is 16.7. The molecule has 6 nitrogen and oxygen atoms in total. The second-order valence-corrected chi connectivity index (χ2v) is 6.72. The van der Waals surface area contributed by atoms with E-state index < -0.39 is 24.0 Å². The molecule has 2 aromatic carbocycles. The monoisotopic (exact) mass is 381 g/mol. The maximum absolute atomic E-state index is 11.5. The highest BCUT2D eigenvalue weighted by Crippen LogP contribution is 2.34. The molecule has 0 spiro atoms. The fourth-order valence-electron chi connectivity index (χ4n) is 3.08. The van der Waals surface area contributed by atoms with Crippen molar-refractivity contribution in [2.45, 2.75) is 44.6 Å². The number of carbonyl (C=O) groups is 1. The van der Waals surface area contributed by atoms with E-state index in [0.717, 1.165) is 11.1 Å². The second kappa shape index (κ2) is 9.47. The smallest absolute Gasteiger partial charge is 0.303 e. The van der Waals surface area contributed by atoms with E-state index in [2.05, 4.69) is 6.07 Å². The van der Waals surface area contributed by atoms with Gasteiger partial charge in [-0.1, -0.05) is 60.7 Å². The first-order valence-electron chi connectivity index (χ1n) is 9.14. The van der Waals surface area contributed by atoms with Crippen molar-refractivity contribution >= 4 is 5.97 Å². The van der Waals surface area contributed by atoms with Crippen molar-refractivity contribution in [3.63, 3.8) is 0 Å². The van der Waals surface area contributed by atoms with E-state index >= 15 is 0 Å². The predicted molar refractivity (Wildman–Crippen MR) is 101 cm³/mol. The van der Waals surface area contributed by atoms with Crippen LogP contribution in [0.3, 0.4) is 0 Å². The molecule has 146 valence electrons. The number of nitrogens with zero attached hydrogens (tertiary/aromatic N) is 1. The molecule has 1 aliphatic heterocycles. The van der Waals surface area contributed by atoms with Crippen molar-refractivity contribution in [3.8, 4) is 6.07 Å². The van der Waals surface area contributed by atoms with Crippen LogP contribution < -0.4 is 0 Å². The number of benzene rings is 2. The van der Waals surface area contributed by atoms with Crippen molar-refractivity contribution < 1.29 is 23.7 Å². The van der Waals surface area contributed by atoms with Crippen molar-refractivity contribution in [3.05, 3.63) is 71.8 Å². The van der Waals surface area contributed by atoms with Crippen LogP contribution in [0, 0.1) is 11.3 Å². The van der Waals surface area contributed by atoms with Crippen molar-refractivity contribution in [1.82, 2.24) is 0 Å². The first kappa shape index (κ1) is 20.0. The molecule has 1 heterocycles. The van der Waals surface area contributed by atoms with Crippen LogP contribution >= 0.6 is 0 Å². The maximum Gasteiger partial charge on any atom is 0.303 e. The van der Waals surface area contributed by atoms with E-state index in [0.29, 0.717) is 6.61 Å². The van der Waals surface area contributed by atoms with Crippen LogP contribution in [-0.2, 0) is 37.0 Å². The Kier molecular flexibility index (Phi) is 6.77. The van der Waals surface area contributed by atoms with E-state index in [4.69, 9.17) is 18.9 Å². The molecule has 6 heteroatoms. The Bertz CT molecular complexity index is 805. The first-order valence-corrected chi connectivity index (χ1v) is 9.14. The second-order valence-electron chi connectivity index (χ2n) is 6.72. The van der Waals surface area contributed by atoms with Gasteiger partial charge in [0.05, 0.1) is 19.8 Å². The van der Waals surface area contributed by atoms with Crippen LogP contribution in [0.2, 0.25) is 0 Å². The minimum absolute atomic E-state index is 0.0569. The van der Waals surface area contributed by atoms with Gasteiger partial charge in [0.1, 0.15) is 6.07 Å². The third-order valence-corrected chi connectivity index (χ3v) is 4.40. The molecule has 0 bridgehead atoms. The zero-order valence-corrected chi connectivity index (χ0v) is 15.7. The Balaban J connectivity index is 1.62. The average Bonchev–Trinajstić information content (AvgIpc) is 3.05. The number of hydrogen-bond acceptors (Lipinski definition) is 6. The molecule has 1 fully saturated rings. The van der Waals surface area contributed by atoms with Gasteiger partial charge in [-0.15, -0.1) is 0 Å². The minimum Gasteiger partial charge on any atom is -0.457 e. The normalized spacial score (nSPS) is 23.9. The third kappa shape index (κ3) is 5.40. The summed E-state index contributed by atoms with van der Waals surface area (Å²) in [5, 5.41) is 9.72. The maximum atomic E-state index is 11.5. The molecule has 3 rings (SSSR count). The number of ether oxygens (including phenoxy) is 4. The summed E-state index contributed by atoms with van der Waals surface area (Å²) < 4.78 is 22.8. The van der Waals surface area contributed by atoms with Crippen LogP contribution in [0.15, 0.2) is 60.7 Å². The lowest BCUT2D eigenvalue weighted by Crippen LogP contribution is -2.33. The van der Waals surface area contributed by atoms with Crippen LogP contribution in [0.4, 0.5) is 0 Å². The van der Waals surface area contributed by atoms with Gasteiger partial charge in [0.25, 0.3) is 0 Å². The molecule has 3 atom stereocenters. The number of esters is 1. The SMILES string of the molecule is CC(=O)OC1CC(C#N)(COCc2ccccc2)OC1OCc1ccccc1. The van der Waals surface area contributed by atoms with E-state index in [1.807, 2.05) is 60.7 Å². The molecule has 2 aromatic rings. The molecule has 0 radical (unpaired) electrons. The topological polar surface area (TPSA) is 77.8 Å². The zero-order valence-electron chi connectivity index (χ0n) is 15.7. The summed E-state index contributed by atoms with van der Waals surface area (Å²) in [7, 11) is 0. The largest absolute Gasteiger partial charge is 0.457 e. The Labute approximate surface area is 164 Å². The summed E-state index contributed by atoms with van der Waals surface area (Å²) >= 11 is 0. The minimum atomic E-state index is -1.23.